The first-order chi connectivity index (χ1) is 5.34. The molecule has 0 heterocycles. The lowest BCUT2D eigenvalue weighted by Crippen LogP contribution is -2.00. The van der Waals surface area contributed by atoms with Crippen LogP contribution in [0.25, 0.3) is 0 Å². The minimum Gasteiger partial charge on any atom is -0.396 e. The summed E-state index contributed by atoms with van der Waals surface area (Å²) in [6, 6.07) is 9.57. The van der Waals surface area contributed by atoms with Gasteiger partial charge in [-0.3, -0.25) is 4.79 Å². The van der Waals surface area contributed by atoms with Gasteiger partial charge in [0.1, 0.15) is 0 Å². The summed E-state index contributed by atoms with van der Waals surface area (Å²) in [5.74, 6) is -0.0264. The number of aliphatic hydroxyl groups excluding tert-OH is 1. The highest BCUT2D eigenvalue weighted by Crippen LogP contribution is 2.01. The molecule has 1 aromatic carbocycles. The molecule has 57 valence electrons. The van der Waals surface area contributed by atoms with Crippen molar-refractivity contribution >= 4 is 5.78 Å². The van der Waals surface area contributed by atoms with Crippen LogP contribution in [0.4, 0.5) is 0 Å². The van der Waals surface area contributed by atoms with Crippen LogP contribution in [-0.4, -0.2) is 17.5 Å². The Hall–Kier alpha value is -1.15. The fraction of sp³-hybridized carbons (Fsp3) is 0.222. The molecule has 0 bridgehead atoms. The number of benzene rings is 1. The monoisotopic (exact) mass is 149 g/mol. The van der Waals surface area contributed by atoms with E-state index in [1.54, 1.807) is 24.3 Å². The molecule has 0 saturated carbocycles. The molecule has 0 aromatic heterocycles. The maximum absolute atomic E-state index is 11.1. The fourth-order valence-corrected chi connectivity index (χ4v) is 0.819. The van der Waals surface area contributed by atoms with Crippen molar-refractivity contribution in [1.29, 1.82) is 0 Å². The van der Waals surface area contributed by atoms with Crippen LogP contribution in [0.15, 0.2) is 24.3 Å². The lowest BCUT2D eigenvalue weighted by atomic mass is 10.1. The van der Waals surface area contributed by atoms with Crippen LogP contribution in [0.3, 0.4) is 0 Å². The van der Waals surface area contributed by atoms with Crippen molar-refractivity contribution in [3.05, 3.63) is 35.9 Å². The molecule has 0 fully saturated rings. The van der Waals surface area contributed by atoms with E-state index in [0.29, 0.717) is 5.56 Å². The summed E-state index contributed by atoms with van der Waals surface area (Å²) in [6.45, 7) is -0.0859. The molecule has 11 heavy (non-hydrogen) atoms. The molecule has 2 heteroatoms. The van der Waals surface area contributed by atoms with Gasteiger partial charge < -0.3 is 5.11 Å². The van der Waals surface area contributed by atoms with Gasteiger partial charge >= 0.3 is 0 Å². The Bertz CT molecular complexity index is 229. The Morgan fingerprint density at radius 2 is 2.09 bits per heavy atom. The first-order valence-electron chi connectivity index (χ1n) is 3.45. The predicted molar refractivity (Wildman–Crippen MR) is 41.3 cm³/mol. The number of hydrogen-bond donors (Lipinski definition) is 1. The number of hydrogen-bond acceptors (Lipinski definition) is 2. The zero-order chi connectivity index (χ0) is 8.10. The van der Waals surface area contributed by atoms with Crippen molar-refractivity contribution in [3.8, 4) is 0 Å². The number of aliphatic hydroxyl groups is 1. The Morgan fingerprint density at radius 1 is 1.45 bits per heavy atom. The summed E-state index contributed by atoms with van der Waals surface area (Å²) in [5.41, 5.74) is 0.637. The first-order valence-corrected chi connectivity index (χ1v) is 3.45. The molecule has 1 N–H and O–H groups in total. The topological polar surface area (TPSA) is 37.3 Å². The molecule has 1 rings (SSSR count). The van der Waals surface area contributed by atoms with E-state index in [4.69, 9.17) is 5.11 Å². The van der Waals surface area contributed by atoms with Gasteiger partial charge in [-0.05, 0) is 6.07 Å². The van der Waals surface area contributed by atoms with Crippen molar-refractivity contribution < 1.29 is 9.90 Å². The number of ketones is 1. The maximum atomic E-state index is 11.1. The summed E-state index contributed by atoms with van der Waals surface area (Å²) in [5, 5.41) is 8.47. The second-order valence-corrected chi connectivity index (χ2v) is 2.19. The molecule has 0 atom stereocenters. The van der Waals surface area contributed by atoms with Gasteiger partial charge in [0.05, 0.1) is 6.61 Å². The van der Waals surface area contributed by atoms with Gasteiger partial charge in [0.15, 0.2) is 5.78 Å². The van der Waals surface area contributed by atoms with Crippen LogP contribution in [0.5, 0.6) is 0 Å². The van der Waals surface area contributed by atoms with E-state index in [1.165, 1.54) is 0 Å². The van der Waals surface area contributed by atoms with E-state index in [2.05, 4.69) is 6.07 Å². The van der Waals surface area contributed by atoms with E-state index in [9.17, 15) is 4.79 Å². The van der Waals surface area contributed by atoms with Crippen LogP contribution in [-0.2, 0) is 0 Å². The van der Waals surface area contributed by atoms with Crippen LogP contribution >= 0.6 is 0 Å². The minimum absolute atomic E-state index is 0.0264. The van der Waals surface area contributed by atoms with Gasteiger partial charge in [-0.1, -0.05) is 24.3 Å². The number of Topliss-reactive ketones (excluding diaryl/α,β-unsaturated/α-hetero) is 1. The molecule has 0 unspecified atom stereocenters. The van der Waals surface area contributed by atoms with Gasteiger partial charge in [-0.15, -0.1) is 0 Å². The summed E-state index contributed by atoms with van der Waals surface area (Å²) in [4.78, 5) is 11.1. The minimum atomic E-state index is -0.0859. The molecule has 0 aliphatic carbocycles. The highest BCUT2D eigenvalue weighted by atomic mass is 16.3. The van der Waals surface area contributed by atoms with E-state index in [1.807, 2.05) is 0 Å². The predicted octanol–water partition coefficient (Wildman–Crippen LogP) is 1.05. The molecule has 0 aliphatic rings. The van der Waals surface area contributed by atoms with Crippen LogP contribution in [0, 0.1) is 6.07 Å². The summed E-state index contributed by atoms with van der Waals surface area (Å²) in [7, 11) is 0. The molecule has 0 amide bonds. The number of carbonyl (C=O) groups is 1. The highest BCUT2D eigenvalue weighted by molar-refractivity contribution is 5.95. The van der Waals surface area contributed by atoms with E-state index in [-0.39, 0.29) is 18.8 Å². The Balaban J connectivity index is 2.69. The van der Waals surface area contributed by atoms with Crippen LogP contribution in [0.1, 0.15) is 16.8 Å². The molecule has 1 aromatic rings. The third-order valence-corrected chi connectivity index (χ3v) is 1.38. The summed E-state index contributed by atoms with van der Waals surface area (Å²) >= 11 is 0. The second-order valence-electron chi connectivity index (χ2n) is 2.19. The molecule has 0 aliphatic heterocycles. The molecule has 2 nitrogen and oxygen atoms in total. The first kappa shape index (κ1) is 7.95. The molecular formula is C9H9O2. The normalized spacial score (nSPS) is 9.55. The van der Waals surface area contributed by atoms with Gasteiger partial charge in [0.25, 0.3) is 0 Å². The largest absolute Gasteiger partial charge is 0.396 e. The molecular weight excluding hydrogens is 140 g/mol. The Kier molecular flexibility index (Phi) is 2.81. The maximum Gasteiger partial charge on any atom is 0.165 e. The third kappa shape index (κ3) is 2.16. The SMILES string of the molecule is O=C(CCO)c1cc[c]cc1. The van der Waals surface area contributed by atoms with E-state index in [0.717, 1.165) is 0 Å². The van der Waals surface area contributed by atoms with Crippen molar-refractivity contribution in [1.82, 2.24) is 0 Å². The lowest BCUT2D eigenvalue weighted by molar-refractivity contribution is 0.0956. The van der Waals surface area contributed by atoms with Gasteiger partial charge in [-0.2, -0.15) is 0 Å². The lowest BCUT2D eigenvalue weighted by Gasteiger charge is -1.95. The van der Waals surface area contributed by atoms with Crippen molar-refractivity contribution in [2.24, 2.45) is 0 Å². The average molecular weight is 149 g/mol. The van der Waals surface area contributed by atoms with E-state index >= 15 is 0 Å². The standard InChI is InChI=1S/C9H9O2/c10-7-6-9(11)8-4-2-1-3-5-8/h2-5,10H,6-7H2. The van der Waals surface area contributed by atoms with Crippen molar-refractivity contribution in [2.45, 2.75) is 6.42 Å². The molecule has 1 radical (unpaired) electrons. The zero-order valence-corrected chi connectivity index (χ0v) is 6.08. The number of rotatable bonds is 3. The van der Waals surface area contributed by atoms with Crippen LogP contribution in [0.2, 0.25) is 0 Å². The van der Waals surface area contributed by atoms with E-state index < -0.39 is 0 Å². The second kappa shape index (κ2) is 3.88. The number of carbonyl (C=O) groups excluding carboxylic acids is 1. The van der Waals surface area contributed by atoms with Crippen molar-refractivity contribution in [3.63, 3.8) is 0 Å². The molecule has 0 spiro atoms. The zero-order valence-electron chi connectivity index (χ0n) is 6.08. The van der Waals surface area contributed by atoms with Crippen molar-refractivity contribution in [2.75, 3.05) is 6.61 Å². The Labute approximate surface area is 65.5 Å². The average Bonchev–Trinajstić information content (AvgIpc) is 2.07. The Morgan fingerprint density at radius 3 is 2.64 bits per heavy atom. The van der Waals surface area contributed by atoms with Gasteiger partial charge in [0, 0.05) is 12.0 Å². The van der Waals surface area contributed by atoms with Gasteiger partial charge in [0.2, 0.25) is 0 Å². The molecule has 0 saturated heterocycles. The van der Waals surface area contributed by atoms with Crippen LogP contribution < -0.4 is 0 Å². The third-order valence-electron chi connectivity index (χ3n) is 1.38. The highest BCUT2D eigenvalue weighted by Gasteiger charge is 2.01. The fourth-order valence-electron chi connectivity index (χ4n) is 0.819. The quantitative estimate of drug-likeness (QED) is 0.652. The summed E-state index contributed by atoms with van der Waals surface area (Å²) < 4.78 is 0. The van der Waals surface area contributed by atoms with Gasteiger partial charge in [-0.25, -0.2) is 0 Å². The smallest absolute Gasteiger partial charge is 0.165 e. The summed E-state index contributed by atoms with van der Waals surface area (Å²) in [6.07, 6.45) is 0.198.